The molecule has 10 atom stereocenters. The van der Waals surface area contributed by atoms with Crippen LogP contribution in [0.25, 0.3) is 0 Å². The van der Waals surface area contributed by atoms with Gasteiger partial charge in [-0.15, -0.1) is 0 Å². The topological polar surface area (TPSA) is 116 Å². The Labute approximate surface area is 285 Å². The number of unbranched alkanes of at least 4 members (excludes halogenated alkanes) is 1. The maximum Gasteiger partial charge on any atom is 0.264 e. The van der Waals surface area contributed by atoms with E-state index in [1.807, 2.05) is 6.92 Å². The molecular weight excluding hydrogens is 637 g/mol. The molecule has 0 aliphatic carbocycles. The van der Waals surface area contributed by atoms with E-state index in [0.29, 0.717) is 30.8 Å². The van der Waals surface area contributed by atoms with Gasteiger partial charge in [0.05, 0.1) is 53.5 Å². The zero-order valence-electron chi connectivity index (χ0n) is 29.5. The highest BCUT2D eigenvalue weighted by atomic mass is 32.2. The first-order valence-corrected chi connectivity index (χ1v) is 21.0. The number of sulfone groups is 1. The fourth-order valence-electron chi connectivity index (χ4n) is 7.07. The van der Waals surface area contributed by atoms with E-state index in [2.05, 4.69) is 40.9 Å². The van der Waals surface area contributed by atoms with Crippen molar-refractivity contribution in [3.63, 3.8) is 0 Å². The summed E-state index contributed by atoms with van der Waals surface area (Å²) >= 11 is 0. The summed E-state index contributed by atoms with van der Waals surface area (Å²) in [5, 5.41) is 11.4. The molecule has 8 nitrogen and oxygen atoms in total. The Bertz CT molecular complexity index is 1360. The minimum absolute atomic E-state index is 0.00737. The predicted octanol–water partition coefficient (Wildman–Crippen LogP) is 7.28. The molecule has 0 radical (unpaired) electrons. The average molecular weight is 697 g/mol. The van der Waals surface area contributed by atoms with Crippen LogP contribution in [0.3, 0.4) is 0 Å². The van der Waals surface area contributed by atoms with Gasteiger partial charge in [-0.2, -0.15) is 8.42 Å². The van der Waals surface area contributed by atoms with Gasteiger partial charge < -0.3 is 14.6 Å². The van der Waals surface area contributed by atoms with Gasteiger partial charge in [-0.3, -0.25) is 4.18 Å². The van der Waals surface area contributed by atoms with Crippen molar-refractivity contribution in [1.29, 1.82) is 0 Å². The van der Waals surface area contributed by atoms with Gasteiger partial charge in [0, 0.05) is 12.3 Å². The second kappa shape index (κ2) is 17.9. The van der Waals surface area contributed by atoms with Gasteiger partial charge in [0.15, 0.2) is 9.84 Å². The lowest BCUT2D eigenvalue weighted by Gasteiger charge is -2.28. The highest BCUT2D eigenvalue weighted by molar-refractivity contribution is 7.91. The van der Waals surface area contributed by atoms with Gasteiger partial charge in [-0.05, 0) is 79.6 Å². The molecule has 268 valence electrons. The third-order valence-electron chi connectivity index (χ3n) is 10.3. The van der Waals surface area contributed by atoms with Gasteiger partial charge in [0.25, 0.3) is 10.1 Å². The van der Waals surface area contributed by atoms with Crippen molar-refractivity contribution in [2.75, 3.05) is 12.0 Å². The van der Waals surface area contributed by atoms with Gasteiger partial charge >= 0.3 is 0 Å². The Hall–Kier alpha value is -1.56. The number of aliphatic hydroxyl groups is 1. The molecule has 0 saturated carbocycles. The minimum atomic E-state index is -3.72. The van der Waals surface area contributed by atoms with Gasteiger partial charge in [0.1, 0.15) is 0 Å². The number of aliphatic hydroxyl groups excluding tert-OH is 1. The normalized spacial score (nSPS) is 27.9. The number of hydrogen-bond donors (Lipinski definition) is 1. The van der Waals surface area contributed by atoms with E-state index >= 15 is 0 Å². The SMILES string of the molecule is C=C1C[C@H](CCCC)OC1CC[C@H](C[C@@H](C)C(=C)C(O)C[C@@H]1OC(C[C@H](C)CC)[C@H](C)[C@H]1CS(=O)(=O)c1ccccc1)OS(C)(=O)=O. The molecule has 2 fully saturated rings. The predicted molar refractivity (Wildman–Crippen MR) is 188 cm³/mol. The molecule has 0 amide bonds. The minimum Gasteiger partial charge on any atom is -0.389 e. The smallest absolute Gasteiger partial charge is 0.264 e. The molecule has 47 heavy (non-hydrogen) atoms. The van der Waals surface area contributed by atoms with Crippen LogP contribution in [-0.2, 0) is 33.6 Å². The summed E-state index contributed by atoms with van der Waals surface area (Å²) < 4.78 is 69.6. The first kappa shape index (κ1) is 39.9. The lowest BCUT2D eigenvalue weighted by Crippen LogP contribution is -2.32. The van der Waals surface area contributed by atoms with E-state index < -0.39 is 38.3 Å². The van der Waals surface area contributed by atoms with E-state index in [4.69, 9.17) is 13.7 Å². The standard InChI is InChI=1S/C37H60O8S2/c1-9-11-15-30-22-27(5)35(43-30)19-18-31(45-46(8,39)40)21-26(4)28(6)34(38)23-37-33(29(7)36(44-37)20-25(3)10-2)24-47(41,42)32-16-13-12-14-17-32/h12-14,16-17,25-26,29-31,33-38H,5-6,9-11,15,18-24H2,1-4,7-8H3/t25-,26-,29-,30+,31-,33-,34?,35?,36?,37+/m1/s1. The van der Waals surface area contributed by atoms with E-state index in [0.717, 1.165) is 50.4 Å². The molecule has 2 aliphatic rings. The zero-order valence-corrected chi connectivity index (χ0v) is 31.1. The van der Waals surface area contributed by atoms with Gasteiger partial charge in [-0.25, -0.2) is 8.42 Å². The van der Waals surface area contributed by atoms with Crippen molar-refractivity contribution >= 4 is 20.0 Å². The first-order chi connectivity index (χ1) is 22.0. The lowest BCUT2D eigenvalue weighted by molar-refractivity contribution is -0.00400. The van der Waals surface area contributed by atoms with Crippen LogP contribution in [0, 0.1) is 23.7 Å². The summed E-state index contributed by atoms with van der Waals surface area (Å²) in [6.07, 6.45) is 6.43. The van der Waals surface area contributed by atoms with E-state index in [9.17, 15) is 21.9 Å². The Morgan fingerprint density at radius 2 is 1.72 bits per heavy atom. The molecule has 2 saturated heterocycles. The van der Waals surface area contributed by atoms with Crippen molar-refractivity contribution in [3.05, 3.63) is 54.6 Å². The Morgan fingerprint density at radius 3 is 2.34 bits per heavy atom. The third kappa shape index (κ3) is 12.1. The summed E-state index contributed by atoms with van der Waals surface area (Å²) in [4.78, 5) is 0.287. The zero-order chi connectivity index (χ0) is 34.9. The highest BCUT2D eigenvalue weighted by Gasteiger charge is 2.45. The fraction of sp³-hybridized carbons (Fsp3) is 0.730. The highest BCUT2D eigenvalue weighted by Crippen LogP contribution is 2.41. The summed E-state index contributed by atoms with van der Waals surface area (Å²) in [5.74, 6) is -0.204. The van der Waals surface area contributed by atoms with Crippen LogP contribution >= 0.6 is 0 Å². The van der Waals surface area contributed by atoms with Crippen LogP contribution in [-0.4, -0.2) is 70.6 Å². The molecule has 0 aromatic heterocycles. The molecule has 3 unspecified atom stereocenters. The first-order valence-electron chi connectivity index (χ1n) is 17.6. The Balaban J connectivity index is 1.68. The molecule has 1 N–H and O–H groups in total. The van der Waals surface area contributed by atoms with Crippen molar-refractivity contribution in [2.45, 2.75) is 140 Å². The van der Waals surface area contributed by atoms with Gasteiger partial charge in [-0.1, -0.05) is 85.2 Å². The summed E-state index contributed by atoms with van der Waals surface area (Å²) in [5.41, 5.74) is 1.60. The largest absolute Gasteiger partial charge is 0.389 e. The number of rotatable bonds is 20. The van der Waals surface area contributed by atoms with Crippen LogP contribution in [0.1, 0.15) is 98.8 Å². The van der Waals surface area contributed by atoms with Crippen LogP contribution in [0.15, 0.2) is 59.5 Å². The monoisotopic (exact) mass is 696 g/mol. The van der Waals surface area contributed by atoms with Crippen molar-refractivity contribution in [1.82, 2.24) is 0 Å². The number of benzene rings is 1. The molecule has 0 bridgehead atoms. The number of ether oxygens (including phenoxy) is 2. The Morgan fingerprint density at radius 1 is 1.04 bits per heavy atom. The summed E-state index contributed by atoms with van der Waals surface area (Å²) in [7, 11) is -7.29. The summed E-state index contributed by atoms with van der Waals surface area (Å²) in [6, 6.07) is 8.48. The van der Waals surface area contributed by atoms with Crippen LogP contribution in [0.5, 0.6) is 0 Å². The molecule has 0 spiro atoms. The van der Waals surface area contributed by atoms with Crippen molar-refractivity contribution in [2.24, 2.45) is 23.7 Å². The molecule has 10 heteroatoms. The third-order valence-corrected chi connectivity index (χ3v) is 12.7. The Kier molecular flexibility index (Phi) is 15.2. The molecule has 1 aromatic rings. The lowest BCUT2D eigenvalue weighted by atomic mass is 9.83. The quantitative estimate of drug-likeness (QED) is 0.112. The van der Waals surface area contributed by atoms with Crippen LogP contribution in [0.2, 0.25) is 0 Å². The van der Waals surface area contributed by atoms with Crippen LogP contribution in [0.4, 0.5) is 0 Å². The molecular formula is C37H60O8S2. The number of hydrogen-bond acceptors (Lipinski definition) is 8. The van der Waals surface area contributed by atoms with E-state index in [1.165, 1.54) is 0 Å². The second-order valence-electron chi connectivity index (χ2n) is 14.3. The molecule has 1 aromatic carbocycles. The summed E-state index contributed by atoms with van der Waals surface area (Å²) in [6.45, 7) is 18.9. The average Bonchev–Trinajstić information content (AvgIpc) is 3.51. The van der Waals surface area contributed by atoms with E-state index in [-0.39, 0.29) is 53.1 Å². The second-order valence-corrected chi connectivity index (χ2v) is 17.9. The van der Waals surface area contributed by atoms with E-state index in [1.54, 1.807) is 30.3 Å². The van der Waals surface area contributed by atoms with Crippen molar-refractivity contribution < 1.29 is 35.6 Å². The molecule has 3 rings (SSSR count). The molecule has 2 heterocycles. The molecule has 2 aliphatic heterocycles. The van der Waals surface area contributed by atoms with Gasteiger partial charge in [0.2, 0.25) is 0 Å². The van der Waals surface area contributed by atoms with Crippen molar-refractivity contribution in [3.8, 4) is 0 Å². The maximum absolute atomic E-state index is 13.5. The maximum atomic E-state index is 13.5. The fourth-order valence-corrected chi connectivity index (χ4v) is 9.53. The van der Waals surface area contributed by atoms with Crippen LogP contribution < -0.4 is 0 Å².